The lowest BCUT2D eigenvalue weighted by atomic mass is 10.1. The van der Waals surface area contributed by atoms with Gasteiger partial charge in [0.15, 0.2) is 0 Å². The van der Waals surface area contributed by atoms with Crippen LogP contribution in [-0.4, -0.2) is 13.2 Å². The molecule has 1 aromatic carbocycles. The lowest BCUT2D eigenvalue weighted by Gasteiger charge is -2.15. The molecule has 102 valence electrons. The summed E-state index contributed by atoms with van der Waals surface area (Å²) in [5, 5.41) is 4.03. The van der Waals surface area contributed by atoms with Crippen LogP contribution in [0, 0.1) is 0 Å². The minimum atomic E-state index is 0.342. The van der Waals surface area contributed by atoms with Crippen LogP contribution in [0.4, 0.5) is 5.69 Å². The van der Waals surface area contributed by atoms with Crippen molar-refractivity contribution in [3.63, 3.8) is 0 Å². The summed E-state index contributed by atoms with van der Waals surface area (Å²) < 4.78 is 10.4. The van der Waals surface area contributed by atoms with Crippen molar-refractivity contribution in [1.29, 1.82) is 0 Å². The largest absolute Gasteiger partial charge is 0.495 e. The van der Waals surface area contributed by atoms with Crippen LogP contribution < -0.4 is 10.1 Å². The molecule has 0 aliphatic rings. The van der Waals surface area contributed by atoms with Crippen molar-refractivity contribution in [1.82, 2.24) is 0 Å². The summed E-state index contributed by atoms with van der Waals surface area (Å²) in [5.74, 6) is 1.71. The van der Waals surface area contributed by atoms with Crippen LogP contribution in [0.15, 0.2) is 41.0 Å². The van der Waals surface area contributed by atoms with Gasteiger partial charge in [0.05, 0.1) is 18.4 Å². The van der Waals surface area contributed by atoms with Crippen LogP contribution in [-0.2, 0) is 6.42 Å². The molecule has 0 saturated carbocycles. The number of anilines is 1. The molecule has 1 aromatic heterocycles. The maximum absolute atomic E-state index is 6.09. The Balaban J connectivity index is 1.88. The fourth-order valence-electron chi connectivity index (χ4n) is 1.93. The number of ether oxygens (including phenoxy) is 1. The van der Waals surface area contributed by atoms with Crippen molar-refractivity contribution in [2.24, 2.45) is 0 Å². The average Bonchev–Trinajstić information content (AvgIpc) is 2.90. The number of benzene rings is 1. The minimum absolute atomic E-state index is 0.342. The number of furan rings is 1. The van der Waals surface area contributed by atoms with Crippen molar-refractivity contribution in [2.75, 3.05) is 12.4 Å². The standard InChI is InChI=1S/C15H18ClNO2/c1-11(5-7-13-4-3-9-19-13)17-12-6-8-15(18-2)14(16)10-12/h3-4,6,8-11,17H,5,7H2,1-2H3. The third kappa shape index (κ3) is 3.93. The van der Waals surface area contributed by atoms with Gasteiger partial charge in [-0.3, -0.25) is 0 Å². The molecule has 0 aliphatic heterocycles. The molecule has 4 heteroatoms. The fourth-order valence-corrected chi connectivity index (χ4v) is 2.18. The Morgan fingerprint density at radius 2 is 2.21 bits per heavy atom. The van der Waals surface area contributed by atoms with Gasteiger partial charge in [-0.25, -0.2) is 0 Å². The van der Waals surface area contributed by atoms with E-state index in [0.29, 0.717) is 16.8 Å². The van der Waals surface area contributed by atoms with E-state index < -0.39 is 0 Å². The zero-order chi connectivity index (χ0) is 13.7. The number of aryl methyl sites for hydroxylation is 1. The van der Waals surface area contributed by atoms with Gasteiger partial charge in [-0.2, -0.15) is 0 Å². The molecule has 2 aromatic rings. The first-order valence-corrected chi connectivity index (χ1v) is 6.69. The maximum atomic E-state index is 6.09. The fraction of sp³-hybridized carbons (Fsp3) is 0.333. The highest BCUT2D eigenvalue weighted by Gasteiger charge is 2.06. The molecule has 1 atom stereocenters. The molecule has 1 unspecified atom stereocenters. The van der Waals surface area contributed by atoms with Crippen LogP contribution in [0.3, 0.4) is 0 Å². The van der Waals surface area contributed by atoms with Gasteiger partial charge in [0.2, 0.25) is 0 Å². The van der Waals surface area contributed by atoms with Gasteiger partial charge in [-0.1, -0.05) is 11.6 Å². The van der Waals surface area contributed by atoms with Gasteiger partial charge in [0, 0.05) is 18.2 Å². The molecular formula is C15H18ClNO2. The molecular weight excluding hydrogens is 262 g/mol. The molecule has 0 amide bonds. The molecule has 0 fully saturated rings. The van der Waals surface area contributed by atoms with Crippen molar-refractivity contribution in [2.45, 2.75) is 25.8 Å². The molecule has 1 heterocycles. The Morgan fingerprint density at radius 3 is 2.84 bits per heavy atom. The van der Waals surface area contributed by atoms with E-state index >= 15 is 0 Å². The smallest absolute Gasteiger partial charge is 0.137 e. The Morgan fingerprint density at radius 1 is 1.37 bits per heavy atom. The molecule has 0 bridgehead atoms. The van der Waals surface area contributed by atoms with Gasteiger partial charge in [0.25, 0.3) is 0 Å². The second kappa shape index (κ2) is 6.53. The zero-order valence-corrected chi connectivity index (χ0v) is 11.9. The highest BCUT2D eigenvalue weighted by molar-refractivity contribution is 6.32. The van der Waals surface area contributed by atoms with Gasteiger partial charge in [-0.05, 0) is 43.7 Å². The highest BCUT2D eigenvalue weighted by atomic mass is 35.5. The number of rotatable bonds is 6. The minimum Gasteiger partial charge on any atom is -0.495 e. The number of nitrogens with one attached hydrogen (secondary N) is 1. The summed E-state index contributed by atoms with van der Waals surface area (Å²) in [6, 6.07) is 9.96. The molecule has 19 heavy (non-hydrogen) atoms. The molecule has 0 saturated heterocycles. The van der Waals surface area contributed by atoms with Crippen LogP contribution >= 0.6 is 11.6 Å². The zero-order valence-electron chi connectivity index (χ0n) is 11.2. The van der Waals surface area contributed by atoms with Crippen LogP contribution in [0.2, 0.25) is 5.02 Å². The third-order valence-electron chi connectivity index (χ3n) is 2.97. The van der Waals surface area contributed by atoms with Gasteiger partial charge in [0.1, 0.15) is 11.5 Å². The van der Waals surface area contributed by atoms with E-state index in [0.717, 1.165) is 24.3 Å². The predicted octanol–water partition coefficient (Wildman–Crippen LogP) is 4.37. The predicted molar refractivity (Wildman–Crippen MR) is 78.1 cm³/mol. The van der Waals surface area contributed by atoms with E-state index in [4.69, 9.17) is 20.8 Å². The Bertz CT molecular complexity index is 511. The molecule has 1 N–H and O–H groups in total. The Kier molecular flexibility index (Phi) is 4.74. The SMILES string of the molecule is COc1ccc(NC(C)CCc2ccco2)cc1Cl. The summed E-state index contributed by atoms with van der Waals surface area (Å²) >= 11 is 6.09. The average molecular weight is 280 g/mol. The molecule has 3 nitrogen and oxygen atoms in total. The summed E-state index contributed by atoms with van der Waals surface area (Å²) in [5.41, 5.74) is 0.998. The summed E-state index contributed by atoms with van der Waals surface area (Å²) in [6.45, 7) is 2.14. The monoisotopic (exact) mass is 279 g/mol. The topological polar surface area (TPSA) is 34.4 Å². The van der Waals surface area contributed by atoms with Crippen molar-refractivity contribution >= 4 is 17.3 Å². The second-order valence-corrected chi connectivity index (χ2v) is 4.92. The van der Waals surface area contributed by atoms with Crippen LogP contribution in [0.1, 0.15) is 19.1 Å². The van der Waals surface area contributed by atoms with Crippen molar-refractivity contribution < 1.29 is 9.15 Å². The molecule has 0 radical (unpaired) electrons. The van der Waals surface area contributed by atoms with Crippen molar-refractivity contribution in [3.05, 3.63) is 47.4 Å². The quantitative estimate of drug-likeness (QED) is 0.852. The Labute approximate surface area is 118 Å². The number of methoxy groups -OCH3 is 1. The lowest BCUT2D eigenvalue weighted by Crippen LogP contribution is -2.15. The van der Waals surface area contributed by atoms with E-state index in [1.165, 1.54) is 0 Å². The summed E-state index contributed by atoms with van der Waals surface area (Å²) in [4.78, 5) is 0. The first-order valence-electron chi connectivity index (χ1n) is 6.31. The lowest BCUT2D eigenvalue weighted by molar-refractivity contribution is 0.415. The highest BCUT2D eigenvalue weighted by Crippen LogP contribution is 2.27. The van der Waals surface area contributed by atoms with Crippen molar-refractivity contribution in [3.8, 4) is 5.75 Å². The van der Waals surface area contributed by atoms with Crippen LogP contribution in [0.25, 0.3) is 0 Å². The normalized spacial score (nSPS) is 12.2. The molecule has 0 aliphatic carbocycles. The first-order chi connectivity index (χ1) is 9.19. The van der Waals surface area contributed by atoms with E-state index in [9.17, 15) is 0 Å². The van der Waals surface area contributed by atoms with Crippen LogP contribution in [0.5, 0.6) is 5.75 Å². The number of hydrogen-bond acceptors (Lipinski definition) is 3. The first kappa shape index (κ1) is 13.8. The summed E-state index contributed by atoms with van der Waals surface area (Å²) in [7, 11) is 1.61. The molecule has 2 rings (SSSR count). The van der Waals surface area contributed by atoms with Gasteiger partial charge >= 0.3 is 0 Å². The van der Waals surface area contributed by atoms with Gasteiger partial charge < -0.3 is 14.5 Å². The third-order valence-corrected chi connectivity index (χ3v) is 3.26. The van der Waals surface area contributed by atoms with E-state index in [1.54, 1.807) is 13.4 Å². The van der Waals surface area contributed by atoms with E-state index in [2.05, 4.69) is 12.2 Å². The second-order valence-electron chi connectivity index (χ2n) is 4.51. The van der Waals surface area contributed by atoms with E-state index in [-0.39, 0.29) is 0 Å². The number of hydrogen-bond donors (Lipinski definition) is 1. The maximum Gasteiger partial charge on any atom is 0.137 e. The van der Waals surface area contributed by atoms with E-state index in [1.807, 2.05) is 30.3 Å². The molecule has 0 spiro atoms. The van der Waals surface area contributed by atoms with Gasteiger partial charge in [-0.15, -0.1) is 0 Å². The number of halogens is 1. The summed E-state index contributed by atoms with van der Waals surface area (Å²) in [6.07, 6.45) is 3.62. The Hall–Kier alpha value is -1.61.